The highest BCUT2D eigenvalue weighted by molar-refractivity contribution is 5.86. The maximum Gasteiger partial charge on any atom is 0.333 e. The van der Waals surface area contributed by atoms with Gasteiger partial charge in [0.25, 0.3) is 0 Å². The van der Waals surface area contributed by atoms with Crippen molar-refractivity contribution in [3.05, 3.63) is 17.1 Å². The van der Waals surface area contributed by atoms with Gasteiger partial charge in [-0.05, 0) is 6.92 Å². The standard InChI is InChI=1S/C11H17NO5/c1-7(2)10(13)16-5-9(12-15)6-17-11(14)8(3)4/h8-9H,1,5-6H2,2-4H3. The van der Waals surface area contributed by atoms with E-state index in [1.165, 1.54) is 6.92 Å². The average Bonchev–Trinajstić information content (AvgIpc) is 2.28. The van der Waals surface area contributed by atoms with Crippen molar-refractivity contribution in [3.8, 4) is 0 Å². The molecule has 0 aromatic heterocycles. The van der Waals surface area contributed by atoms with Crippen LogP contribution >= 0.6 is 0 Å². The molecule has 0 aliphatic heterocycles. The summed E-state index contributed by atoms with van der Waals surface area (Å²) in [6.07, 6.45) is 0. The molecule has 1 atom stereocenters. The second-order valence-corrected chi connectivity index (χ2v) is 3.92. The van der Waals surface area contributed by atoms with Crippen LogP contribution in [0.3, 0.4) is 0 Å². The lowest BCUT2D eigenvalue weighted by Crippen LogP contribution is -2.25. The fraction of sp³-hybridized carbons (Fsp3) is 0.636. The van der Waals surface area contributed by atoms with Crippen LogP contribution in [0.2, 0.25) is 0 Å². The molecule has 1 unspecified atom stereocenters. The van der Waals surface area contributed by atoms with Crippen molar-refractivity contribution < 1.29 is 19.1 Å². The van der Waals surface area contributed by atoms with Crippen LogP contribution in [0.25, 0.3) is 0 Å². The molecular weight excluding hydrogens is 226 g/mol. The van der Waals surface area contributed by atoms with E-state index >= 15 is 0 Å². The smallest absolute Gasteiger partial charge is 0.333 e. The van der Waals surface area contributed by atoms with Crippen molar-refractivity contribution in [2.75, 3.05) is 13.2 Å². The zero-order chi connectivity index (χ0) is 13.4. The predicted molar refractivity (Wildman–Crippen MR) is 61.2 cm³/mol. The fourth-order valence-corrected chi connectivity index (χ4v) is 0.749. The number of rotatable bonds is 7. The molecule has 0 fully saturated rings. The van der Waals surface area contributed by atoms with Crippen LogP contribution in [-0.4, -0.2) is 31.2 Å². The maximum absolute atomic E-state index is 11.1. The minimum absolute atomic E-state index is 0.190. The van der Waals surface area contributed by atoms with Gasteiger partial charge < -0.3 is 9.47 Å². The summed E-state index contributed by atoms with van der Waals surface area (Å²) in [6.45, 7) is 7.81. The maximum atomic E-state index is 11.1. The fourth-order valence-electron chi connectivity index (χ4n) is 0.749. The summed E-state index contributed by atoms with van der Waals surface area (Å²) in [4.78, 5) is 32.6. The van der Waals surface area contributed by atoms with E-state index in [0.29, 0.717) is 0 Å². The van der Waals surface area contributed by atoms with Crippen LogP contribution in [0.4, 0.5) is 0 Å². The van der Waals surface area contributed by atoms with Crippen molar-refractivity contribution in [2.24, 2.45) is 11.1 Å². The van der Waals surface area contributed by atoms with E-state index in [2.05, 4.69) is 11.8 Å². The summed E-state index contributed by atoms with van der Waals surface area (Å²) in [6, 6.07) is -0.888. The Morgan fingerprint density at radius 1 is 1.24 bits per heavy atom. The molecule has 0 spiro atoms. The third-order valence-corrected chi connectivity index (χ3v) is 1.79. The van der Waals surface area contributed by atoms with Crippen LogP contribution in [0.15, 0.2) is 17.3 Å². The predicted octanol–water partition coefficient (Wildman–Crippen LogP) is 1.44. The molecule has 0 aromatic rings. The number of hydrogen-bond acceptors (Lipinski definition) is 6. The van der Waals surface area contributed by atoms with E-state index in [9.17, 15) is 14.5 Å². The van der Waals surface area contributed by atoms with Crippen LogP contribution in [0, 0.1) is 10.8 Å². The van der Waals surface area contributed by atoms with Crippen LogP contribution in [0.1, 0.15) is 20.8 Å². The van der Waals surface area contributed by atoms with Crippen molar-refractivity contribution in [2.45, 2.75) is 26.8 Å². The first-order chi connectivity index (χ1) is 7.88. The van der Waals surface area contributed by atoms with Gasteiger partial charge in [-0.15, -0.1) is 0 Å². The normalized spacial score (nSPS) is 11.8. The van der Waals surface area contributed by atoms with Gasteiger partial charge in [-0.1, -0.05) is 25.6 Å². The van der Waals surface area contributed by atoms with Gasteiger partial charge in [0.15, 0.2) is 6.04 Å². The first-order valence-electron chi connectivity index (χ1n) is 5.20. The van der Waals surface area contributed by atoms with Crippen molar-refractivity contribution in [1.29, 1.82) is 0 Å². The average molecular weight is 243 g/mol. The molecule has 0 N–H and O–H groups in total. The summed E-state index contributed by atoms with van der Waals surface area (Å²) in [5, 5.41) is 2.72. The number of carbonyl (C=O) groups is 2. The van der Waals surface area contributed by atoms with Crippen molar-refractivity contribution >= 4 is 11.9 Å². The van der Waals surface area contributed by atoms with Gasteiger partial charge in [0.05, 0.1) is 5.92 Å². The molecule has 0 radical (unpaired) electrons. The Kier molecular flexibility index (Phi) is 6.77. The molecule has 0 saturated heterocycles. The lowest BCUT2D eigenvalue weighted by Gasteiger charge is -2.11. The summed E-state index contributed by atoms with van der Waals surface area (Å²) < 4.78 is 9.53. The molecule has 17 heavy (non-hydrogen) atoms. The van der Waals surface area contributed by atoms with Crippen LogP contribution in [-0.2, 0) is 19.1 Å². The van der Waals surface area contributed by atoms with E-state index in [1.54, 1.807) is 13.8 Å². The summed E-state index contributed by atoms with van der Waals surface area (Å²) >= 11 is 0. The molecule has 0 aliphatic carbocycles. The summed E-state index contributed by atoms with van der Waals surface area (Å²) in [7, 11) is 0. The molecular formula is C11H17NO5. The molecule has 6 heteroatoms. The molecule has 0 aromatic carbocycles. The third kappa shape index (κ3) is 6.44. The second kappa shape index (κ2) is 7.54. The zero-order valence-electron chi connectivity index (χ0n) is 10.3. The second-order valence-electron chi connectivity index (χ2n) is 3.92. The SMILES string of the molecule is C=C(C)C(=O)OCC(COC(=O)C(C)C)N=O. The Bertz CT molecular complexity index is 311. The quantitative estimate of drug-likeness (QED) is 0.384. The third-order valence-electron chi connectivity index (χ3n) is 1.79. The zero-order valence-corrected chi connectivity index (χ0v) is 10.3. The molecule has 0 aliphatic rings. The largest absolute Gasteiger partial charge is 0.463 e. The van der Waals surface area contributed by atoms with Gasteiger partial charge in [0.1, 0.15) is 13.2 Å². The Hall–Kier alpha value is -1.72. The molecule has 96 valence electrons. The molecule has 0 rings (SSSR count). The number of hydrogen-bond donors (Lipinski definition) is 0. The highest BCUT2D eigenvalue weighted by Gasteiger charge is 2.16. The van der Waals surface area contributed by atoms with E-state index in [-0.39, 0.29) is 24.7 Å². The summed E-state index contributed by atoms with van der Waals surface area (Å²) in [5.41, 5.74) is 0.230. The van der Waals surface area contributed by atoms with E-state index in [0.717, 1.165) is 0 Å². The number of ether oxygens (including phenoxy) is 2. The Balaban J connectivity index is 4.01. The monoisotopic (exact) mass is 243 g/mol. The lowest BCUT2D eigenvalue weighted by molar-refractivity contribution is -0.148. The highest BCUT2D eigenvalue weighted by Crippen LogP contribution is 2.01. The van der Waals surface area contributed by atoms with Gasteiger partial charge in [-0.25, -0.2) is 4.79 Å². The number of nitrogens with zero attached hydrogens (tertiary/aromatic N) is 1. The Morgan fingerprint density at radius 2 is 1.76 bits per heavy atom. The molecule has 0 heterocycles. The Labute approximate surface area is 99.9 Å². The molecule has 0 saturated carbocycles. The van der Waals surface area contributed by atoms with Crippen molar-refractivity contribution in [1.82, 2.24) is 0 Å². The molecule has 0 amide bonds. The summed E-state index contributed by atoms with van der Waals surface area (Å²) in [5.74, 6) is -1.31. The van der Waals surface area contributed by atoms with Gasteiger partial charge in [-0.2, -0.15) is 4.91 Å². The van der Waals surface area contributed by atoms with E-state index in [4.69, 9.17) is 9.47 Å². The molecule has 6 nitrogen and oxygen atoms in total. The van der Waals surface area contributed by atoms with Crippen LogP contribution < -0.4 is 0 Å². The van der Waals surface area contributed by atoms with Gasteiger partial charge in [0.2, 0.25) is 0 Å². The number of nitroso groups, excluding NO2 is 1. The van der Waals surface area contributed by atoms with Gasteiger partial charge >= 0.3 is 11.9 Å². The minimum atomic E-state index is -0.888. The highest BCUT2D eigenvalue weighted by atomic mass is 16.5. The first kappa shape index (κ1) is 15.3. The van der Waals surface area contributed by atoms with E-state index in [1.807, 2.05) is 0 Å². The van der Waals surface area contributed by atoms with E-state index < -0.39 is 18.0 Å². The minimum Gasteiger partial charge on any atom is -0.463 e. The van der Waals surface area contributed by atoms with Gasteiger partial charge in [0, 0.05) is 5.57 Å². The topological polar surface area (TPSA) is 82.0 Å². The number of esters is 2. The van der Waals surface area contributed by atoms with Gasteiger partial charge in [-0.3, -0.25) is 4.79 Å². The Morgan fingerprint density at radius 3 is 2.18 bits per heavy atom. The van der Waals surface area contributed by atoms with Crippen LogP contribution in [0.5, 0.6) is 0 Å². The van der Waals surface area contributed by atoms with Crippen molar-refractivity contribution in [3.63, 3.8) is 0 Å². The lowest BCUT2D eigenvalue weighted by atomic mass is 10.2. The number of carbonyl (C=O) groups excluding carboxylic acids is 2. The first-order valence-corrected chi connectivity index (χ1v) is 5.20. The molecule has 0 bridgehead atoms.